The van der Waals surface area contributed by atoms with Crippen LogP contribution in [-0.2, 0) is 0 Å². The van der Waals surface area contributed by atoms with Crippen LogP contribution in [0.4, 0.5) is 22.0 Å². The second kappa shape index (κ2) is 8.84. The fourth-order valence-electron chi connectivity index (χ4n) is 4.72. The number of alkyl halides is 5. The van der Waals surface area contributed by atoms with Gasteiger partial charge >= 0.3 is 0 Å². The zero-order valence-corrected chi connectivity index (χ0v) is 14.7. The van der Waals surface area contributed by atoms with Crippen LogP contribution in [0.5, 0.6) is 0 Å². The zero-order valence-electron chi connectivity index (χ0n) is 14.7. The smallest absolute Gasteiger partial charge is 0.106 e. The van der Waals surface area contributed by atoms with Gasteiger partial charge in [-0.05, 0) is 76.0 Å². The minimum atomic E-state index is -1.17. The largest absolute Gasteiger partial charge is 0.248 e. The van der Waals surface area contributed by atoms with Crippen molar-refractivity contribution in [3.8, 4) is 0 Å². The molecule has 7 atom stereocenters. The van der Waals surface area contributed by atoms with Gasteiger partial charge in [-0.2, -0.15) is 0 Å². The minimum absolute atomic E-state index is 0.0696. The molecule has 0 heterocycles. The van der Waals surface area contributed by atoms with E-state index in [-0.39, 0.29) is 25.2 Å². The quantitative estimate of drug-likeness (QED) is 0.489. The molecule has 0 saturated heterocycles. The van der Waals surface area contributed by atoms with Crippen LogP contribution >= 0.6 is 0 Å². The van der Waals surface area contributed by atoms with Crippen molar-refractivity contribution in [3.05, 3.63) is 0 Å². The molecule has 0 amide bonds. The van der Waals surface area contributed by atoms with Gasteiger partial charge in [-0.1, -0.05) is 6.92 Å². The molecule has 0 aromatic heterocycles. The molecule has 0 N–H and O–H groups in total. The minimum Gasteiger partial charge on any atom is -0.248 e. The van der Waals surface area contributed by atoms with Gasteiger partial charge in [0.1, 0.15) is 24.7 Å². The highest BCUT2D eigenvalue weighted by molar-refractivity contribution is 4.89. The number of rotatable bonds is 6. The Balaban J connectivity index is 1.80. The molecule has 0 aromatic rings. The molecule has 2 saturated carbocycles. The summed E-state index contributed by atoms with van der Waals surface area (Å²) in [5, 5.41) is 0. The Morgan fingerprint density at radius 1 is 0.792 bits per heavy atom. The Bertz CT molecular complexity index is 363. The highest BCUT2D eigenvalue weighted by Gasteiger charge is 2.40. The van der Waals surface area contributed by atoms with Crippen LogP contribution < -0.4 is 0 Å². The first-order valence-electron chi connectivity index (χ1n) is 9.52. The molecule has 2 aliphatic carbocycles. The molecule has 5 heteroatoms. The first-order valence-corrected chi connectivity index (χ1v) is 9.52. The number of hydrogen-bond donors (Lipinski definition) is 0. The molecule has 2 fully saturated rings. The molecule has 6 unspecified atom stereocenters. The number of halogens is 5. The van der Waals surface area contributed by atoms with Crippen LogP contribution in [0.2, 0.25) is 0 Å². The van der Waals surface area contributed by atoms with Gasteiger partial charge in [0, 0.05) is 5.92 Å². The van der Waals surface area contributed by atoms with E-state index in [1.165, 1.54) is 6.92 Å². The maximum absolute atomic E-state index is 14.3. The van der Waals surface area contributed by atoms with E-state index in [0.29, 0.717) is 32.1 Å². The lowest BCUT2D eigenvalue weighted by molar-refractivity contribution is 0.0188. The highest BCUT2D eigenvalue weighted by atomic mass is 19.2. The third-order valence-electron chi connectivity index (χ3n) is 6.17. The SMILES string of the molecule is CCC1C(F)CC(CCC2CC(F)C(C[C@@H](C)F)CC2F)CC1F. The average Bonchev–Trinajstić information content (AvgIpc) is 2.48. The predicted molar refractivity (Wildman–Crippen MR) is 86.7 cm³/mol. The van der Waals surface area contributed by atoms with Crippen molar-refractivity contribution in [1.29, 1.82) is 0 Å². The standard InChI is InChI=1S/C19H31F5/c1-3-15-18(23)7-12(8-19(15)24)4-5-13-9-17(22)14(6-11(2)20)10-16(13)21/h11-19H,3-10H2,1-2H3/t11-,12?,13?,14?,15?,16?,17?,18?,19?/m1/s1. The van der Waals surface area contributed by atoms with Gasteiger partial charge < -0.3 is 0 Å². The van der Waals surface area contributed by atoms with E-state index in [1.807, 2.05) is 0 Å². The van der Waals surface area contributed by atoms with E-state index in [0.717, 1.165) is 0 Å². The molecular formula is C19H31F5. The third kappa shape index (κ3) is 5.08. The molecule has 0 radical (unpaired) electrons. The average molecular weight is 354 g/mol. The Hall–Kier alpha value is -0.350. The van der Waals surface area contributed by atoms with E-state index in [2.05, 4.69) is 0 Å². The summed E-state index contributed by atoms with van der Waals surface area (Å²) in [6.07, 6.45) is -3.21. The molecule has 0 spiro atoms. The van der Waals surface area contributed by atoms with Crippen molar-refractivity contribution in [3.63, 3.8) is 0 Å². The second-order valence-corrected chi connectivity index (χ2v) is 8.06. The molecule has 0 nitrogen and oxygen atoms in total. The van der Waals surface area contributed by atoms with Crippen molar-refractivity contribution < 1.29 is 22.0 Å². The fourth-order valence-corrected chi connectivity index (χ4v) is 4.72. The van der Waals surface area contributed by atoms with Gasteiger partial charge in [-0.15, -0.1) is 0 Å². The maximum Gasteiger partial charge on any atom is 0.106 e. The summed E-state index contributed by atoms with van der Waals surface area (Å²) < 4.78 is 69.6. The van der Waals surface area contributed by atoms with Crippen LogP contribution in [0, 0.1) is 23.7 Å². The van der Waals surface area contributed by atoms with Crippen LogP contribution in [0.3, 0.4) is 0 Å². The van der Waals surface area contributed by atoms with Gasteiger partial charge in [0.05, 0.1) is 6.17 Å². The lowest BCUT2D eigenvalue weighted by Gasteiger charge is -2.37. The molecule has 0 bridgehead atoms. The highest BCUT2D eigenvalue weighted by Crippen LogP contribution is 2.42. The summed E-state index contributed by atoms with van der Waals surface area (Å²) in [7, 11) is 0. The van der Waals surface area contributed by atoms with Crippen LogP contribution in [0.25, 0.3) is 0 Å². The van der Waals surface area contributed by atoms with Gasteiger partial charge in [-0.3, -0.25) is 0 Å². The van der Waals surface area contributed by atoms with Gasteiger partial charge in [-0.25, -0.2) is 22.0 Å². The van der Waals surface area contributed by atoms with E-state index >= 15 is 0 Å². The molecule has 2 rings (SSSR count). The maximum atomic E-state index is 14.3. The van der Waals surface area contributed by atoms with Crippen molar-refractivity contribution in [2.24, 2.45) is 23.7 Å². The first-order chi connectivity index (χ1) is 11.3. The molecular weight excluding hydrogens is 323 g/mol. The van der Waals surface area contributed by atoms with Crippen molar-refractivity contribution in [2.45, 2.75) is 96.1 Å². The summed E-state index contributed by atoms with van der Waals surface area (Å²) in [6, 6.07) is 0. The topological polar surface area (TPSA) is 0 Å². The van der Waals surface area contributed by atoms with Crippen molar-refractivity contribution >= 4 is 0 Å². The lowest BCUT2D eigenvalue weighted by Crippen LogP contribution is -2.37. The monoisotopic (exact) mass is 354 g/mol. The Labute approximate surface area is 142 Å². The Kier molecular flexibility index (Phi) is 7.36. The second-order valence-electron chi connectivity index (χ2n) is 8.06. The Morgan fingerprint density at radius 3 is 1.88 bits per heavy atom. The predicted octanol–water partition coefficient (Wildman–Crippen LogP) is 6.33. The van der Waals surface area contributed by atoms with E-state index in [9.17, 15) is 22.0 Å². The normalized spacial score (nSPS) is 45.1. The van der Waals surface area contributed by atoms with E-state index < -0.39 is 48.6 Å². The van der Waals surface area contributed by atoms with Gasteiger partial charge in [0.15, 0.2) is 0 Å². The molecule has 142 valence electrons. The summed E-state index contributed by atoms with van der Waals surface area (Å²) >= 11 is 0. The summed E-state index contributed by atoms with van der Waals surface area (Å²) in [5.74, 6) is -1.52. The van der Waals surface area contributed by atoms with Gasteiger partial charge in [0.2, 0.25) is 0 Å². The number of hydrogen-bond acceptors (Lipinski definition) is 0. The molecule has 0 aromatic carbocycles. The molecule has 24 heavy (non-hydrogen) atoms. The van der Waals surface area contributed by atoms with Crippen LogP contribution in [-0.4, -0.2) is 30.9 Å². The Morgan fingerprint density at radius 2 is 1.33 bits per heavy atom. The molecule has 0 aliphatic heterocycles. The first kappa shape index (κ1) is 20.0. The van der Waals surface area contributed by atoms with Gasteiger partial charge in [0.25, 0.3) is 0 Å². The summed E-state index contributed by atoms with van der Waals surface area (Å²) in [6.45, 7) is 3.18. The van der Waals surface area contributed by atoms with Crippen LogP contribution in [0.15, 0.2) is 0 Å². The van der Waals surface area contributed by atoms with E-state index in [1.54, 1.807) is 6.92 Å². The summed E-state index contributed by atoms with van der Waals surface area (Å²) in [5.41, 5.74) is 0. The third-order valence-corrected chi connectivity index (χ3v) is 6.17. The summed E-state index contributed by atoms with van der Waals surface area (Å²) in [4.78, 5) is 0. The van der Waals surface area contributed by atoms with Crippen molar-refractivity contribution in [2.75, 3.05) is 0 Å². The zero-order chi connectivity index (χ0) is 17.9. The fraction of sp³-hybridized carbons (Fsp3) is 1.00. The molecule has 2 aliphatic rings. The van der Waals surface area contributed by atoms with Crippen molar-refractivity contribution in [1.82, 2.24) is 0 Å². The lowest BCUT2D eigenvalue weighted by atomic mass is 9.72. The van der Waals surface area contributed by atoms with Crippen LogP contribution in [0.1, 0.15) is 65.2 Å². The van der Waals surface area contributed by atoms with E-state index in [4.69, 9.17) is 0 Å².